The number of nitrogens with one attached hydrogen (secondary N) is 1. The molecule has 1 amide bonds. The Bertz CT molecular complexity index is 587. The molecule has 0 radical (unpaired) electrons. The van der Waals surface area contributed by atoms with Crippen LogP contribution in [-0.4, -0.2) is 25.3 Å². The maximum absolute atomic E-state index is 11.8. The summed E-state index contributed by atoms with van der Waals surface area (Å²) in [6.07, 6.45) is 0.372. The first-order valence-corrected chi connectivity index (χ1v) is 8.01. The number of benzene rings is 2. The van der Waals surface area contributed by atoms with Crippen LogP contribution in [0.2, 0.25) is 0 Å². The Morgan fingerprint density at radius 1 is 1.09 bits per heavy atom. The molecule has 2 rings (SSSR count). The predicted octanol–water partition coefficient (Wildman–Crippen LogP) is 4.54. The normalized spacial score (nSPS) is 11.6. The smallest absolute Gasteiger partial charge is 0.411 e. The average molecular weight is 312 g/mol. The van der Waals surface area contributed by atoms with Gasteiger partial charge in [-0.05, 0) is 38.1 Å². The van der Waals surface area contributed by atoms with Crippen molar-refractivity contribution in [3.05, 3.63) is 60.7 Å². The third-order valence-electron chi connectivity index (χ3n) is 3.75. The van der Waals surface area contributed by atoms with Gasteiger partial charge in [0.2, 0.25) is 0 Å². The molecule has 0 heterocycles. The topological polar surface area (TPSA) is 41.6 Å². The molecule has 0 aliphatic heterocycles. The molecule has 23 heavy (non-hydrogen) atoms. The zero-order chi connectivity index (χ0) is 16.5. The van der Waals surface area contributed by atoms with Crippen LogP contribution < -0.4 is 10.2 Å². The van der Waals surface area contributed by atoms with Gasteiger partial charge in [0.05, 0.1) is 6.61 Å². The molecule has 0 aromatic heterocycles. The lowest BCUT2D eigenvalue weighted by molar-refractivity contribution is 0.158. The second kappa shape index (κ2) is 8.83. The Morgan fingerprint density at radius 3 is 2.30 bits per heavy atom. The quantitative estimate of drug-likeness (QED) is 0.816. The molecule has 1 atom stereocenters. The van der Waals surface area contributed by atoms with Crippen LogP contribution in [0, 0.1) is 0 Å². The van der Waals surface area contributed by atoms with Crippen molar-refractivity contribution in [2.24, 2.45) is 0 Å². The first-order chi connectivity index (χ1) is 11.2. The van der Waals surface area contributed by atoms with Gasteiger partial charge in [-0.1, -0.05) is 36.4 Å². The van der Waals surface area contributed by atoms with Crippen LogP contribution in [0.5, 0.6) is 0 Å². The van der Waals surface area contributed by atoms with E-state index in [0.29, 0.717) is 12.6 Å². The van der Waals surface area contributed by atoms with E-state index in [1.807, 2.05) is 48.5 Å². The van der Waals surface area contributed by atoms with Gasteiger partial charge in [0.15, 0.2) is 0 Å². The first-order valence-electron chi connectivity index (χ1n) is 8.01. The molecule has 1 N–H and O–H groups in total. The fourth-order valence-electron chi connectivity index (χ4n) is 2.52. The number of hydrogen-bond donors (Lipinski definition) is 1. The first kappa shape index (κ1) is 16.9. The highest BCUT2D eigenvalue weighted by Gasteiger charge is 2.13. The summed E-state index contributed by atoms with van der Waals surface area (Å²) in [5, 5.41) is 2.72. The monoisotopic (exact) mass is 312 g/mol. The van der Waals surface area contributed by atoms with E-state index in [-0.39, 0.29) is 0 Å². The zero-order valence-corrected chi connectivity index (χ0v) is 13.7. The van der Waals surface area contributed by atoms with Crippen molar-refractivity contribution in [1.82, 2.24) is 0 Å². The second-order valence-electron chi connectivity index (χ2n) is 5.39. The van der Waals surface area contributed by atoms with E-state index in [1.54, 1.807) is 0 Å². The second-order valence-corrected chi connectivity index (χ2v) is 5.39. The van der Waals surface area contributed by atoms with Crippen LogP contribution in [0.1, 0.15) is 20.3 Å². The number of amides is 1. The molecule has 0 aliphatic rings. The van der Waals surface area contributed by atoms with Crippen molar-refractivity contribution in [3.63, 3.8) is 0 Å². The summed E-state index contributed by atoms with van der Waals surface area (Å²) in [5.74, 6) is 0. The van der Waals surface area contributed by atoms with Crippen LogP contribution in [0.4, 0.5) is 16.2 Å². The number of hydrogen-bond acceptors (Lipinski definition) is 3. The van der Waals surface area contributed by atoms with Crippen molar-refractivity contribution in [2.75, 3.05) is 23.4 Å². The van der Waals surface area contributed by atoms with E-state index in [1.165, 1.54) is 5.69 Å². The van der Waals surface area contributed by atoms with Gasteiger partial charge in [-0.2, -0.15) is 0 Å². The summed E-state index contributed by atoms with van der Waals surface area (Å²) < 4.78 is 5.27. The van der Waals surface area contributed by atoms with E-state index >= 15 is 0 Å². The van der Waals surface area contributed by atoms with Gasteiger partial charge in [0, 0.05) is 30.4 Å². The minimum absolute atomic E-state index is 0.298. The molecule has 0 fully saturated rings. The fourth-order valence-corrected chi connectivity index (χ4v) is 2.52. The summed E-state index contributed by atoms with van der Waals surface area (Å²) >= 11 is 0. The fraction of sp³-hybridized carbons (Fsp3) is 0.316. The molecule has 0 bridgehead atoms. The van der Waals surface area contributed by atoms with Gasteiger partial charge in [-0.15, -0.1) is 0 Å². The van der Waals surface area contributed by atoms with E-state index in [4.69, 9.17) is 4.74 Å². The molecule has 2 aromatic rings. The molecule has 4 heteroatoms. The Balaban J connectivity index is 1.77. The number of para-hydroxylation sites is 2. The van der Waals surface area contributed by atoms with E-state index in [0.717, 1.165) is 18.7 Å². The standard InChI is InChI=1S/C19H24N2O2/c1-3-21(18-12-8-5-9-13-18)16(2)14-15-23-19(22)20-17-10-6-4-7-11-17/h4-13,16H,3,14-15H2,1-2H3,(H,20,22). The number of carbonyl (C=O) groups excluding carboxylic acids is 1. The Kier molecular flexibility index (Phi) is 6.48. The van der Waals surface area contributed by atoms with E-state index in [2.05, 4.69) is 36.2 Å². The lowest BCUT2D eigenvalue weighted by atomic mass is 10.2. The summed E-state index contributed by atoms with van der Waals surface area (Å²) in [6, 6.07) is 19.9. The highest BCUT2D eigenvalue weighted by Crippen LogP contribution is 2.17. The summed E-state index contributed by atoms with van der Waals surface area (Å²) in [7, 11) is 0. The largest absolute Gasteiger partial charge is 0.449 e. The van der Waals surface area contributed by atoms with Gasteiger partial charge in [0.25, 0.3) is 0 Å². The summed E-state index contributed by atoms with van der Waals surface area (Å²) in [5.41, 5.74) is 1.93. The lowest BCUT2D eigenvalue weighted by Gasteiger charge is -2.30. The molecular formula is C19H24N2O2. The summed E-state index contributed by atoms with van der Waals surface area (Å²) in [6.45, 7) is 5.59. The van der Waals surface area contributed by atoms with E-state index < -0.39 is 6.09 Å². The van der Waals surface area contributed by atoms with Crippen molar-refractivity contribution < 1.29 is 9.53 Å². The zero-order valence-electron chi connectivity index (χ0n) is 13.7. The molecule has 0 saturated carbocycles. The van der Waals surface area contributed by atoms with Crippen molar-refractivity contribution in [3.8, 4) is 0 Å². The minimum atomic E-state index is -0.411. The van der Waals surface area contributed by atoms with Gasteiger partial charge in [-0.3, -0.25) is 5.32 Å². The van der Waals surface area contributed by atoms with Gasteiger partial charge < -0.3 is 9.64 Å². The Morgan fingerprint density at radius 2 is 1.70 bits per heavy atom. The van der Waals surface area contributed by atoms with Crippen molar-refractivity contribution >= 4 is 17.5 Å². The lowest BCUT2D eigenvalue weighted by Crippen LogP contribution is -2.34. The number of anilines is 2. The molecule has 122 valence electrons. The van der Waals surface area contributed by atoms with Gasteiger partial charge in [-0.25, -0.2) is 4.79 Å². The third kappa shape index (κ3) is 5.33. The molecule has 0 saturated heterocycles. The minimum Gasteiger partial charge on any atom is -0.449 e. The average Bonchev–Trinajstić information content (AvgIpc) is 2.57. The Labute approximate surface area is 138 Å². The predicted molar refractivity (Wildman–Crippen MR) is 95.0 cm³/mol. The molecule has 2 aromatic carbocycles. The SMILES string of the molecule is CCN(c1ccccc1)C(C)CCOC(=O)Nc1ccccc1. The van der Waals surface area contributed by atoms with E-state index in [9.17, 15) is 4.79 Å². The van der Waals surface area contributed by atoms with Crippen LogP contribution in [0.25, 0.3) is 0 Å². The maximum atomic E-state index is 11.8. The van der Waals surface area contributed by atoms with Crippen molar-refractivity contribution in [2.45, 2.75) is 26.3 Å². The molecule has 0 aliphatic carbocycles. The highest BCUT2D eigenvalue weighted by molar-refractivity contribution is 5.84. The summed E-state index contributed by atoms with van der Waals surface area (Å²) in [4.78, 5) is 14.1. The number of nitrogens with zero attached hydrogens (tertiary/aromatic N) is 1. The third-order valence-corrected chi connectivity index (χ3v) is 3.75. The van der Waals surface area contributed by atoms with Gasteiger partial charge in [0.1, 0.15) is 0 Å². The number of carbonyl (C=O) groups is 1. The van der Waals surface area contributed by atoms with Crippen LogP contribution >= 0.6 is 0 Å². The number of ether oxygens (including phenoxy) is 1. The van der Waals surface area contributed by atoms with Crippen molar-refractivity contribution in [1.29, 1.82) is 0 Å². The molecule has 0 spiro atoms. The van der Waals surface area contributed by atoms with Crippen LogP contribution in [-0.2, 0) is 4.74 Å². The molecule has 1 unspecified atom stereocenters. The Hall–Kier alpha value is -2.49. The molecular weight excluding hydrogens is 288 g/mol. The van der Waals surface area contributed by atoms with Crippen LogP contribution in [0.15, 0.2) is 60.7 Å². The highest BCUT2D eigenvalue weighted by atomic mass is 16.5. The maximum Gasteiger partial charge on any atom is 0.411 e. The molecule has 4 nitrogen and oxygen atoms in total. The number of rotatable bonds is 7. The van der Waals surface area contributed by atoms with Crippen LogP contribution in [0.3, 0.4) is 0 Å². The van der Waals surface area contributed by atoms with Gasteiger partial charge >= 0.3 is 6.09 Å².